The lowest BCUT2D eigenvalue weighted by Gasteiger charge is -2.20. The van der Waals surface area contributed by atoms with Gasteiger partial charge in [-0.1, -0.05) is 42.5 Å². The normalized spacial score (nSPS) is 12.5. The Labute approximate surface area is 157 Å². The molecule has 0 bridgehead atoms. The number of ether oxygens (including phenoxy) is 1. The number of rotatable bonds is 7. The maximum absolute atomic E-state index is 12.4. The predicted molar refractivity (Wildman–Crippen MR) is 102 cm³/mol. The molecule has 2 aromatic rings. The first kappa shape index (κ1) is 20.0. The summed E-state index contributed by atoms with van der Waals surface area (Å²) >= 11 is 0. The molecule has 0 saturated heterocycles. The average molecular weight is 369 g/mol. The van der Waals surface area contributed by atoms with E-state index in [0.717, 1.165) is 11.1 Å². The van der Waals surface area contributed by atoms with Gasteiger partial charge in [0.1, 0.15) is 6.04 Å². The minimum atomic E-state index is -1.04. The fourth-order valence-electron chi connectivity index (χ4n) is 2.49. The first-order valence-corrected chi connectivity index (χ1v) is 8.53. The first-order chi connectivity index (χ1) is 12.8. The van der Waals surface area contributed by atoms with Gasteiger partial charge in [0.25, 0.3) is 5.91 Å². The number of primary amides is 1. The number of carbonyl (C=O) groups is 3. The zero-order chi connectivity index (χ0) is 19.8. The Kier molecular flexibility index (Phi) is 6.93. The van der Waals surface area contributed by atoms with Crippen LogP contribution in [0, 0.1) is 6.92 Å². The Morgan fingerprint density at radius 1 is 1.07 bits per heavy atom. The Balaban J connectivity index is 1.99. The van der Waals surface area contributed by atoms with Crippen molar-refractivity contribution < 1.29 is 19.1 Å². The molecule has 0 spiro atoms. The molecule has 7 heteroatoms. The van der Waals surface area contributed by atoms with Crippen molar-refractivity contribution in [2.45, 2.75) is 32.4 Å². The van der Waals surface area contributed by atoms with E-state index >= 15 is 0 Å². The lowest BCUT2D eigenvalue weighted by molar-refractivity contribution is -0.155. The summed E-state index contributed by atoms with van der Waals surface area (Å²) in [4.78, 5) is 35.9. The number of nitrogens with two attached hydrogens (primary N) is 1. The highest BCUT2D eigenvalue weighted by atomic mass is 16.5. The molecule has 0 aliphatic heterocycles. The number of hydrogen-bond donors (Lipinski definition) is 3. The van der Waals surface area contributed by atoms with Crippen LogP contribution in [0.25, 0.3) is 0 Å². The Hall–Kier alpha value is -3.35. The summed E-state index contributed by atoms with van der Waals surface area (Å²) in [6.07, 6.45) is -0.833. The molecule has 0 aliphatic rings. The number of carbonyl (C=O) groups excluding carboxylic acids is 3. The van der Waals surface area contributed by atoms with Crippen molar-refractivity contribution in [3.05, 3.63) is 65.7 Å². The number of anilines is 1. The molecule has 2 aromatic carbocycles. The smallest absolute Gasteiger partial charge is 0.329 e. The lowest BCUT2D eigenvalue weighted by atomic mass is 10.1. The van der Waals surface area contributed by atoms with Crippen molar-refractivity contribution in [1.82, 2.24) is 5.32 Å². The van der Waals surface area contributed by atoms with Gasteiger partial charge in [0, 0.05) is 12.1 Å². The van der Waals surface area contributed by atoms with Crippen LogP contribution in [0.2, 0.25) is 0 Å². The van der Waals surface area contributed by atoms with Crippen LogP contribution in [-0.2, 0) is 20.7 Å². The van der Waals surface area contributed by atoms with E-state index in [1.165, 1.54) is 6.92 Å². The number of amides is 3. The highest BCUT2D eigenvalue weighted by Gasteiger charge is 2.26. The van der Waals surface area contributed by atoms with Crippen LogP contribution in [0.15, 0.2) is 54.6 Å². The molecule has 0 aromatic heterocycles. The molecule has 0 heterocycles. The molecule has 7 nitrogen and oxygen atoms in total. The second-order valence-corrected chi connectivity index (χ2v) is 6.19. The summed E-state index contributed by atoms with van der Waals surface area (Å²) in [6.45, 7) is 3.37. The van der Waals surface area contributed by atoms with Crippen LogP contribution in [0.3, 0.4) is 0 Å². The van der Waals surface area contributed by atoms with Gasteiger partial charge in [0.15, 0.2) is 6.10 Å². The van der Waals surface area contributed by atoms with Crippen molar-refractivity contribution in [2.24, 2.45) is 5.73 Å². The van der Waals surface area contributed by atoms with E-state index in [9.17, 15) is 14.4 Å². The standard InChI is InChI=1S/C20H23N3O4/c1-13-7-6-10-16(11-13)22-18(24)14(2)27-19(25)17(23-20(21)26)12-15-8-4-3-5-9-15/h3-11,14,17H,12H2,1-2H3,(H,22,24)(H3,21,23,26)/t14-,17-/m0/s1. The maximum Gasteiger partial charge on any atom is 0.329 e. The van der Waals surface area contributed by atoms with Crippen LogP contribution < -0.4 is 16.4 Å². The van der Waals surface area contributed by atoms with Gasteiger partial charge in [-0.05, 0) is 37.1 Å². The van der Waals surface area contributed by atoms with Gasteiger partial charge in [-0.2, -0.15) is 0 Å². The largest absolute Gasteiger partial charge is 0.451 e. The minimum absolute atomic E-state index is 0.203. The van der Waals surface area contributed by atoms with Crippen molar-refractivity contribution >= 4 is 23.6 Å². The quantitative estimate of drug-likeness (QED) is 0.649. The molecule has 3 amide bonds. The van der Waals surface area contributed by atoms with Gasteiger partial charge in [-0.3, -0.25) is 4.79 Å². The third kappa shape index (κ3) is 6.47. The van der Waals surface area contributed by atoms with Crippen molar-refractivity contribution in [1.29, 1.82) is 0 Å². The fourth-order valence-corrected chi connectivity index (χ4v) is 2.49. The van der Waals surface area contributed by atoms with E-state index in [1.807, 2.05) is 49.4 Å². The number of urea groups is 1. The topological polar surface area (TPSA) is 111 Å². The van der Waals surface area contributed by atoms with E-state index < -0.39 is 30.1 Å². The van der Waals surface area contributed by atoms with Gasteiger partial charge < -0.3 is 21.1 Å². The van der Waals surface area contributed by atoms with Crippen molar-refractivity contribution in [3.8, 4) is 0 Å². The molecular formula is C20H23N3O4. The fraction of sp³-hybridized carbons (Fsp3) is 0.250. The van der Waals surface area contributed by atoms with Crippen LogP contribution in [0.5, 0.6) is 0 Å². The highest BCUT2D eigenvalue weighted by Crippen LogP contribution is 2.11. The molecular weight excluding hydrogens is 346 g/mol. The second-order valence-electron chi connectivity index (χ2n) is 6.19. The Morgan fingerprint density at radius 3 is 2.41 bits per heavy atom. The minimum Gasteiger partial charge on any atom is -0.451 e. The van der Waals surface area contributed by atoms with Gasteiger partial charge >= 0.3 is 12.0 Å². The van der Waals surface area contributed by atoms with Crippen LogP contribution in [0.1, 0.15) is 18.1 Å². The summed E-state index contributed by atoms with van der Waals surface area (Å²) < 4.78 is 5.23. The van der Waals surface area contributed by atoms with Gasteiger partial charge in [-0.15, -0.1) is 0 Å². The van der Waals surface area contributed by atoms with E-state index in [1.54, 1.807) is 12.1 Å². The zero-order valence-electron chi connectivity index (χ0n) is 15.3. The first-order valence-electron chi connectivity index (χ1n) is 8.53. The predicted octanol–water partition coefficient (Wildman–Crippen LogP) is 2.14. The molecule has 0 saturated carbocycles. The number of aryl methyl sites for hydroxylation is 1. The monoisotopic (exact) mass is 369 g/mol. The van der Waals surface area contributed by atoms with E-state index in [2.05, 4.69) is 10.6 Å². The van der Waals surface area contributed by atoms with Crippen LogP contribution in [0.4, 0.5) is 10.5 Å². The SMILES string of the molecule is Cc1cccc(NC(=O)[C@H](C)OC(=O)[C@H](Cc2ccccc2)NC(N)=O)c1. The molecule has 0 radical (unpaired) electrons. The van der Waals surface area contributed by atoms with E-state index in [-0.39, 0.29) is 6.42 Å². The molecule has 0 unspecified atom stereocenters. The summed E-state index contributed by atoms with van der Waals surface area (Å²) in [5.74, 6) is -1.20. The molecule has 0 fully saturated rings. The van der Waals surface area contributed by atoms with Crippen molar-refractivity contribution in [3.63, 3.8) is 0 Å². The number of esters is 1. The third-order valence-electron chi connectivity index (χ3n) is 3.83. The van der Waals surface area contributed by atoms with E-state index in [0.29, 0.717) is 5.69 Å². The van der Waals surface area contributed by atoms with E-state index in [4.69, 9.17) is 10.5 Å². The van der Waals surface area contributed by atoms with Crippen LogP contribution in [-0.4, -0.2) is 30.1 Å². The number of hydrogen-bond acceptors (Lipinski definition) is 4. The second kappa shape index (κ2) is 9.38. The Morgan fingerprint density at radius 2 is 1.78 bits per heavy atom. The summed E-state index contributed by atoms with van der Waals surface area (Å²) in [6, 6.07) is 14.6. The van der Waals surface area contributed by atoms with Gasteiger partial charge in [-0.25, -0.2) is 9.59 Å². The zero-order valence-corrected chi connectivity index (χ0v) is 15.3. The van der Waals surface area contributed by atoms with Crippen LogP contribution >= 0.6 is 0 Å². The number of nitrogens with one attached hydrogen (secondary N) is 2. The summed E-state index contributed by atoms with van der Waals surface area (Å²) in [5.41, 5.74) is 7.58. The molecule has 2 atom stereocenters. The Bertz CT molecular complexity index is 808. The molecule has 4 N–H and O–H groups in total. The molecule has 27 heavy (non-hydrogen) atoms. The molecule has 0 aliphatic carbocycles. The molecule has 2 rings (SSSR count). The summed E-state index contributed by atoms with van der Waals surface area (Å²) in [5, 5.41) is 5.05. The van der Waals surface area contributed by atoms with Gasteiger partial charge in [0.2, 0.25) is 0 Å². The van der Waals surface area contributed by atoms with Gasteiger partial charge in [0.05, 0.1) is 0 Å². The number of benzene rings is 2. The third-order valence-corrected chi connectivity index (χ3v) is 3.83. The highest BCUT2D eigenvalue weighted by molar-refractivity contribution is 5.95. The maximum atomic E-state index is 12.4. The average Bonchev–Trinajstić information content (AvgIpc) is 2.61. The lowest BCUT2D eigenvalue weighted by Crippen LogP contribution is -2.47. The molecule has 142 valence electrons. The van der Waals surface area contributed by atoms with Crippen molar-refractivity contribution in [2.75, 3.05) is 5.32 Å². The summed E-state index contributed by atoms with van der Waals surface area (Å²) in [7, 11) is 0.